The van der Waals surface area contributed by atoms with Crippen molar-refractivity contribution >= 4 is 5.78 Å². The first-order valence-corrected chi connectivity index (χ1v) is 4.78. The molecule has 0 aromatic heterocycles. The molecule has 0 saturated carbocycles. The van der Waals surface area contributed by atoms with Gasteiger partial charge in [0.05, 0.1) is 0 Å². The molecular formula is C12H20O. The van der Waals surface area contributed by atoms with Gasteiger partial charge in [0, 0.05) is 0 Å². The van der Waals surface area contributed by atoms with Crippen LogP contribution in [0.5, 0.6) is 0 Å². The average molecular weight is 180 g/mol. The predicted octanol–water partition coefficient (Wildman–Crippen LogP) is 3.51. The molecule has 0 aromatic carbocycles. The third kappa shape index (κ3) is 5.40. The molecule has 1 heteroatoms. The Bertz CT molecular complexity index is 219. The van der Waals surface area contributed by atoms with Crippen molar-refractivity contribution in [2.24, 2.45) is 5.92 Å². The first kappa shape index (κ1) is 12.2. The third-order valence-electron chi connectivity index (χ3n) is 2.20. The van der Waals surface area contributed by atoms with Crippen molar-refractivity contribution in [1.82, 2.24) is 0 Å². The van der Waals surface area contributed by atoms with Gasteiger partial charge in [0.15, 0.2) is 5.78 Å². The number of carbonyl (C=O) groups is 1. The fourth-order valence-electron chi connectivity index (χ4n) is 1.14. The van der Waals surface area contributed by atoms with Crippen LogP contribution in [0.1, 0.15) is 40.5 Å². The topological polar surface area (TPSA) is 17.1 Å². The zero-order valence-electron chi connectivity index (χ0n) is 9.18. The Labute approximate surface area is 81.5 Å². The molecule has 0 rings (SSSR count). The minimum absolute atomic E-state index is 0.115. The van der Waals surface area contributed by atoms with Gasteiger partial charge in [-0.25, -0.2) is 0 Å². The van der Waals surface area contributed by atoms with Crippen molar-refractivity contribution in [2.45, 2.75) is 40.5 Å². The molecule has 13 heavy (non-hydrogen) atoms. The summed E-state index contributed by atoms with van der Waals surface area (Å²) in [7, 11) is 0. The van der Waals surface area contributed by atoms with Crippen LogP contribution >= 0.6 is 0 Å². The van der Waals surface area contributed by atoms with E-state index in [1.165, 1.54) is 5.57 Å². The Kier molecular flexibility index (Phi) is 5.36. The van der Waals surface area contributed by atoms with Gasteiger partial charge >= 0.3 is 0 Å². The molecule has 0 radical (unpaired) electrons. The second-order valence-corrected chi connectivity index (χ2v) is 3.84. The summed E-state index contributed by atoms with van der Waals surface area (Å²) in [5.41, 5.74) is 2.09. The zero-order valence-corrected chi connectivity index (χ0v) is 9.18. The largest absolute Gasteiger partial charge is 0.295 e. The van der Waals surface area contributed by atoms with Crippen LogP contribution < -0.4 is 0 Å². The van der Waals surface area contributed by atoms with Gasteiger partial charge in [0.25, 0.3) is 0 Å². The molecule has 0 bridgehead atoms. The second-order valence-electron chi connectivity index (χ2n) is 3.84. The summed E-state index contributed by atoms with van der Waals surface area (Å²) in [6.45, 7) is 11.6. The van der Waals surface area contributed by atoms with Gasteiger partial charge in [0.2, 0.25) is 0 Å². The predicted molar refractivity (Wildman–Crippen MR) is 57.7 cm³/mol. The van der Waals surface area contributed by atoms with Gasteiger partial charge in [-0.1, -0.05) is 25.2 Å². The summed E-state index contributed by atoms with van der Waals surface area (Å²) in [6, 6.07) is 0. The molecular weight excluding hydrogens is 160 g/mol. The molecule has 74 valence electrons. The van der Waals surface area contributed by atoms with Crippen LogP contribution in [0.3, 0.4) is 0 Å². The molecule has 0 N–H and O–H groups in total. The highest BCUT2D eigenvalue weighted by Gasteiger charge is 2.09. The van der Waals surface area contributed by atoms with E-state index >= 15 is 0 Å². The highest BCUT2D eigenvalue weighted by atomic mass is 16.1. The second kappa shape index (κ2) is 5.74. The van der Waals surface area contributed by atoms with Crippen molar-refractivity contribution < 1.29 is 4.79 Å². The Morgan fingerprint density at radius 2 is 1.92 bits per heavy atom. The summed E-state index contributed by atoms with van der Waals surface area (Å²) >= 11 is 0. The summed E-state index contributed by atoms with van der Waals surface area (Å²) in [6.07, 6.45) is 4.25. The lowest BCUT2D eigenvalue weighted by Crippen LogP contribution is -2.05. The molecule has 0 aliphatic rings. The number of Topliss-reactive ketones (excluding diaryl/α,β-unsaturated/α-hetero) is 1. The number of rotatable bonds is 5. The van der Waals surface area contributed by atoms with Crippen LogP contribution in [0.25, 0.3) is 0 Å². The maximum absolute atomic E-state index is 11.0. The van der Waals surface area contributed by atoms with Crippen LogP contribution in [0.15, 0.2) is 23.8 Å². The number of ketones is 1. The summed E-state index contributed by atoms with van der Waals surface area (Å²) in [5, 5.41) is 0. The monoisotopic (exact) mass is 180 g/mol. The van der Waals surface area contributed by atoms with Crippen molar-refractivity contribution in [2.75, 3.05) is 0 Å². The number of hydrogen-bond acceptors (Lipinski definition) is 1. The SMILES string of the molecule is C=C(C(C)=O)C(C)CCC=C(C)C. The van der Waals surface area contributed by atoms with Crippen LogP contribution in [-0.2, 0) is 4.79 Å². The summed E-state index contributed by atoms with van der Waals surface area (Å²) < 4.78 is 0. The first-order valence-electron chi connectivity index (χ1n) is 4.78. The van der Waals surface area contributed by atoms with Crippen molar-refractivity contribution in [3.8, 4) is 0 Å². The third-order valence-corrected chi connectivity index (χ3v) is 2.20. The van der Waals surface area contributed by atoms with Gasteiger partial charge < -0.3 is 0 Å². The molecule has 0 heterocycles. The molecule has 1 nitrogen and oxygen atoms in total. The average Bonchev–Trinajstić information content (AvgIpc) is 2.02. The minimum atomic E-state index is 0.115. The minimum Gasteiger partial charge on any atom is -0.295 e. The van der Waals surface area contributed by atoms with E-state index in [9.17, 15) is 4.79 Å². The van der Waals surface area contributed by atoms with Crippen molar-refractivity contribution in [3.63, 3.8) is 0 Å². The standard InChI is InChI=1S/C12H20O/c1-9(2)7-6-8-10(3)11(4)12(5)13/h7,10H,4,6,8H2,1-3,5H3. The normalized spacial score (nSPS) is 12.0. The Hall–Kier alpha value is -0.850. The lowest BCUT2D eigenvalue weighted by atomic mass is 9.94. The summed E-state index contributed by atoms with van der Waals surface area (Å²) in [4.78, 5) is 11.0. The van der Waals surface area contributed by atoms with Crippen molar-refractivity contribution in [1.29, 1.82) is 0 Å². The number of carbonyl (C=O) groups excluding carboxylic acids is 1. The van der Waals surface area contributed by atoms with E-state index in [0.29, 0.717) is 5.92 Å². The lowest BCUT2D eigenvalue weighted by molar-refractivity contribution is -0.114. The maximum Gasteiger partial charge on any atom is 0.155 e. The number of allylic oxidation sites excluding steroid dienone is 3. The fourth-order valence-corrected chi connectivity index (χ4v) is 1.14. The van der Waals surface area contributed by atoms with Gasteiger partial charge in [-0.15, -0.1) is 0 Å². The number of hydrogen-bond donors (Lipinski definition) is 0. The Morgan fingerprint density at radius 3 is 2.31 bits per heavy atom. The van der Waals surface area contributed by atoms with Gasteiger partial charge in [-0.2, -0.15) is 0 Å². The highest BCUT2D eigenvalue weighted by molar-refractivity contribution is 5.92. The molecule has 1 atom stereocenters. The molecule has 0 fully saturated rings. The van der Waals surface area contributed by atoms with Crippen LogP contribution in [-0.4, -0.2) is 5.78 Å². The molecule has 0 aliphatic heterocycles. The van der Waals surface area contributed by atoms with E-state index in [2.05, 4.69) is 33.4 Å². The molecule has 0 aliphatic carbocycles. The first-order chi connectivity index (χ1) is 5.95. The smallest absolute Gasteiger partial charge is 0.155 e. The Balaban J connectivity index is 3.88. The fraction of sp³-hybridized carbons (Fsp3) is 0.583. The van der Waals surface area contributed by atoms with Gasteiger partial charge in [0.1, 0.15) is 0 Å². The van der Waals surface area contributed by atoms with Crippen LogP contribution in [0, 0.1) is 5.92 Å². The van der Waals surface area contributed by atoms with E-state index in [0.717, 1.165) is 18.4 Å². The van der Waals surface area contributed by atoms with E-state index in [4.69, 9.17) is 0 Å². The zero-order chi connectivity index (χ0) is 10.4. The van der Waals surface area contributed by atoms with Gasteiger partial charge in [-0.3, -0.25) is 4.79 Å². The van der Waals surface area contributed by atoms with Crippen molar-refractivity contribution in [3.05, 3.63) is 23.8 Å². The quantitative estimate of drug-likeness (QED) is 0.467. The maximum atomic E-state index is 11.0. The van der Waals surface area contributed by atoms with E-state index in [-0.39, 0.29) is 5.78 Å². The highest BCUT2D eigenvalue weighted by Crippen LogP contribution is 2.16. The van der Waals surface area contributed by atoms with E-state index in [1.54, 1.807) is 6.92 Å². The van der Waals surface area contributed by atoms with E-state index in [1.807, 2.05) is 0 Å². The van der Waals surface area contributed by atoms with Gasteiger partial charge in [-0.05, 0) is 45.1 Å². The van der Waals surface area contributed by atoms with Crippen LogP contribution in [0.2, 0.25) is 0 Å². The molecule has 1 unspecified atom stereocenters. The van der Waals surface area contributed by atoms with Crippen LogP contribution in [0.4, 0.5) is 0 Å². The molecule has 0 aromatic rings. The van der Waals surface area contributed by atoms with E-state index < -0.39 is 0 Å². The summed E-state index contributed by atoms with van der Waals surface area (Å²) in [5.74, 6) is 0.429. The molecule has 0 amide bonds. The Morgan fingerprint density at radius 1 is 1.38 bits per heavy atom. The lowest BCUT2D eigenvalue weighted by Gasteiger charge is -2.10. The molecule has 0 saturated heterocycles. The molecule has 0 spiro atoms.